The molecule has 0 rings (SSSR count). The Bertz CT molecular complexity index is 151. The number of hydrogen-bond donors (Lipinski definition) is 2. The second kappa shape index (κ2) is 2.33. The van der Waals surface area contributed by atoms with Gasteiger partial charge in [0.1, 0.15) is 0 Å². The van der Waals surface area contributed by atoms with Crippen LogP contribution in [-0.4, -0.2) is 15.0 Å². The second-order valence-electron chi connectivity index (χ2n) is 0.964. The molecule has 0 aromatic rings. The van der Waals surface area contributed by atoms with E-state index in [1.165, 1.54) is 0 Å². The molecule has 7 heteroatoms. The maximum atomic E-state index is 11.0. The van der Waals surface area contributed by atoms with Gasteiger partial charge in [0.25, 0.3) is 10.2 Å². The molecule has 0 amide bonds. The number of hydrogen-bond acceptors (Lipinski definition) is 2. The number of rotatable bonds is 2. The highest BCUT2D eigenvalue weighted by Crippen LogP contribution is 1.84. The first-order chi connectivity index (χ1) is 3.42. The average molecular weight is 146 g/mol. The molecular formula is CH4F2N2O2S. The van der Waals surface area contributed by atoms with E-state index < -0.39 is 16.8 Å². The molecule has 0 atom stereocenters. The molecule has 0 fully saturated rings. The van der Waals surface area contributed by atoms with E-state index in [-0.39, 0.29) is 0 Å². The molecule has 0 aromatic heterocycles. The zero-order valence-corrected chi connectivity index (χ0v) is 4.45. The van der Waals surface area contributed by atoms with Gasteiger partial charge in [-0.15, -0.1) is 4.72 Å². The van der Waals surface area contributed by atoms with Gasteiger partial charge in [0.15, 0.2) is 0 Å². The fourth-order valence-electron chi connectivity index (χ4n) is 0.124. The van der Waals surface area contributed by atoms with Gasteiger partial charge in [0.2, 0.25) is 0 Å². The minimum absolute atomic E-state index is 0.799. The van der Waals surface area contributed by atoms with Crippen LogP contribution in [0.5, 0.6) is 0 Å². The third kappa shape index (κ3) is 5.73. The molecule has 0 aliphatic rings. The molecule has 8 heavy (non-hydrogen) atoms. The van der Waals surface area contributed by atoms with E-state index in [2.05, 4.69) is 5.14 Å². The van der Waals surface area contributed by atoms with Crippen molar-refractivity contribution in [1.29, 1.82) is 0 Å². The molecule has 4 nitrogen and oxygen atoms in total. The maximum Gasteiger partial charge on any atom is 0.305 e. The first-order valence-corrected chi connectivity index (χ1v) is 3.04. The van der Waals surface area contributed by atoms with Crippen LogP contribution in [0.25, 0.3) is 0 Å². The standard InChI is InChI=1S/CH4F2N2O2S/c2-1(3)5-8(4,6)7/h1,5H,(H2,4,6,7). The van der Waals surface area contributed by atoms with Crippen molar-refractivity contribution < 1.29 is 17.2 Å². The molecule has 0 aromatic carbocycles. The van der Waals surface area contributed by atoms with Crippen molar-refractivity contribution in [3.05, 3.63) is 0 Å². The second-order valence-corrected chi connectivity index (χ2v) is 2.29. The Morgan fingerprint density at radius 2 is 1.88 bits per heavy atom. The summed E-state index contributed by atoms with van der Waals surface area (Å²) in [6.07, 6.45) is 0. The lowest BCUT2D eigenvalue weighted by molar-refractivity contribution is 0.136. The van der Waals surface area contributed by atoms with E-state index in [9.17, 15) is 17.2 Å². The molecule has 0 spiro atoms. The number of nitrogens with one attached hydrogen (secondary N) is 1. The molecule has 0 aliphatic carbocycles. The molecule has 0 saturated heterocycles. The average Bonchev–Trinajstić information content (AvgIpc) is 1.21. The monoisotopic (exact) mass is 146 g/mol. The first-order valence-electron chi connectivity index (χ1n) is 1.50. The summed E-state index contributed by atoms with van der Waals surface area (Å²) in [5, 5.41) is 4.12. The van der Waals surface area contributed by atoms with E-state index in [4.69, 9.17) is 0 Å². The summed E-state index contributed by atoms with van der Waals surface area (Å²) in [5.74, 6) is 0. The number of halogens is 2. The lowest BCUT2D eigenvalue weighted by atomic mass is 11.4. The third-order valence-electron chi connectivity index (χ3n) is 0.253. The molecule has 0 unspecified atom stereocenters. The molecule has 0 radical (unpaired) electrons. The molecule has 0 heterocycles. The van der Waals surface area contributed by atoms with Crippen LogP contribution in [0.2, 0.25) is 0 Å². The summed E-state index contributed by atoms with van der Waals surface area (Å²) in [7, 11) is -4.22. The topological polar surface area (TPSA) is 72.2 Å². The normalized spacial score (nSPS) is 12.5. The van der Waals surface area contributed by atoms with Gasteiger partial charge >= 0.3 is 6.55 Å². The lowest BCUT2D eigenvalue weighted by Crippen LogP contribution is -2.34. The zero-order valence-electron chi connectivity index (χ0n) is 3.64. The van der Waals surface area contributed by atoms with Crippen LogP contribution in [0.4, 0.5) is 8.78 Å². The molecular weight excluding hydrogens is 142 g/mol. The van der Waals surface area contributed by atoms with Crippen molar-refractivity contribution in [3.63, 3.8) is 0 Å². The van der Waals surface area contributed by atoms with Crippen LogP contribution < -0.4 is 9.86 Å². The molecule has 0 bridgehead atoms. The minimum atomic E-state index is -4.22. The van der Waals surface area contributed by atoms with Gasteiger partial charge < -0.3 is 0 Å². The Morgan fingerprint density at radius 1 is 1.50 bits per heavy atom. The molecule has 3 N–H and O–H groups in total. The van der Waals surface area contributed by atoms with Gasteiger partial charge in [-0.3, -0.25) is 0 Å². The van der Waals surface area contributed by atoms with Crippen LogP contribution in [0.1, 0.15) is 0 Å². The van der Waals surface area contributed by atoms with Gasteiger partial charge in [0, 0.05) is 0 Å². The van der Waals surface area contributed by atoms with Crippen LogP contribution in [-0.2, 0) is 10.2 Å². The lowest BCUT2D eigenvalue weighted by Gasteiger charge is -1.95. The van der Waals surface area contributed by atoms with Crippen LogP contribution in [0.15, 0.2) is 0 Å². The van der Waals surface area contributed by atoms with E-state index in [0.717, 1.165) is 4.72 Å². The van der Waals surface area contributed by atoms with Crippen molar-refractivity contribution in [2.24, 2.45) is 5.14 Å². The highest BCUT2D eigenvalue weighted by Gasteiger charge is 2.08. The van der Waals surface area contributed by atoms with Crippen molar-refractivity contribution in [1.82, 2.24) is 4.72 Å². The Morgan fingerprint density at radius 3 is 1.88 bits per heavy atom. The van der Waals surface area contributed by atoms with E-state index in [1.807, 2.05) is 0 Å². The Balaban J connectivity index is 3.75. The van der Waals surface area contributed by atoms with Gasteiger partial charge in [-0.25, -0.2) is 5.14 Å². The van der Waals surface area contributed by atoms with Crippen LogP contribution in [0, 0.1) is 0 Å². The Hall–Kier alpha value is -0.270. The quantitative estimate of drug-likeness (QED) is 0.490. The minimum Gasteiger partial charge on any atom is -0.216 e. The van der Waals surface area contributed by atoms with Crippen molar-refractivity contribution in [2.75, 3.05) is 0 Å². The summed E-state index contributed by atoms with van der Waals surface area (Å²) >= 11 is 0. The maximum absolute atomic E-state index is 11.0. The summed E-state index contributed by atoms with van der Waals surface area (Å²) in [6, 6.07) is 0. The van der Waals surface area contributed by atoms with Crippen molar-refractivity contribution in [2.45, 2.75) is 6.55 Å². The fraction of sp³-hybridized carbons (Fsp3) is 1.00. The number of nitrogens with two attached hydrogens (primary N) is 1. The molecule has 0 saturated carbocycles. The summed E-state index contributed by atoms with van der Waals surface area (Å²) < 4.78 is 42.0. The smallest absolute Gasteiger partial charge is 0.216 e. The number of alkyl halides is 2. The largest absolute Gasteiger partial charge is 0.305 e. The Labute approximate surface area is 44.9 Å². The van der Waals surface area contributed by atoms with Gasteiger partial charge in [-0.05, 0) is 0 Å². The highest BCUT2D eigenvalue weighted by atomic mass is 32.2. The molecule has 50 valence electrons. The third-order valence-corrected chi connectivity index (χ3v) is 0.760. The van der Waals surface area contributed by atoms with Crippen LogP contribution in [0.3, 0.4) is 0 Å². The van der Waals surface area contributed by atoms with Crippen LogP contribution >= 0.6 is 0 Å². The Kier molecular flexibility index (Phi) is 2.26. The summed E-state index contributed by atoms with van der Waals surface area (Å²) in [5.41, 5.74) is 0. The van der Waals surface area contributed by atoms with E-state index >= 15 is 0 Å². The molecule has 0 aliphatic heterocycles. The van der Waals surface area contributed by atoms with E-state index in [1.54, 1.807) is 0 Å². The first kappa shape index (κ1) is 7.73. The fourth-order valence-corrected chi connectivity index (χ4v) is 0.373. The van der Waals surface area contributed by atoms with Gasteiger partial charge in [0.05, 0.1) is 0 Å². The zero-order chi connectivity index (χ0) is 6.78. The summed E-state index contributed by atoms with van der Waals surface area (Å²) in [6.45, 7) is -3.12. The SMILES string of the molecule is NS(=O)(=O)NC(F)F. The predicted molar refractivity (Wildman–Crippen MR) is 22.2 cm³/mol. The van der Waals surface area contributed by atoms with Crippen molar-refractivity contribution in [3.8, 4) is 0 Å². The van der Waals surface area contributed by atoms with Gasteiger partial charge in [-0.1, -0.05) is 0 Å². The summed E-state index contributed by atoms with van der Waals surface area (Å²) in [4.78, 5) is 0. The predicted octanol–water partition coefficient (Wildman–Crippen LogP) is -0.998. The highest BCUT2D eigenvalue weighted by molar-refractivity contribution is 7.87. The van der Waals surface area contributed by atoms with Crippen molar-refractivity contribution >= 4 is 10.2 Å². The van der Waals surface area contributed by atoms with E-state index in [0.29, 0.717) is 0 Å². The van der Waals surface area contributed by atoms with Gasteiger partial charge in [-0.2, -0.15) is 17.2 Å².